The quantitative estimate of drug-likeness (QED) is 0.376. The van der Waals surface area contributed by atoms with Crippen LogP contribution in [-0.4, -0.2) is 45.4 Å². The minimum absolute atomic E-state index is 0.349. The number of anilines is 1. The first-order chi connectivity index (χ1) is 16.9. The molecule has 0 spiro atoms. The number of amides is 1. The van der Waals surface area contributed by atoms with E-state index in [1.54, 1.807) is 0 Å². The summed E-state index contributed by atoms with van der Waals surface area (Å²) in [5, 5.41) is 4.08. The summed E-state index contributed by atoms with van der Waals surface area (Å²) in [6, 6.07) is 15.7. The molecule has 4 aromatic rings. The second-order valence-corrected chi connectivity index (χ2v) is 10.1. The molecule has 8 heteroatoms. The standard InChI is InChI=1S/C27H28N4O3S/c1-4-22(25(32)30-27-29-21-11-7-8-12-23(21)35-27)34-26(33)24-17-9-5-6-10-19(17)28-20-13-14-31(16(2)3)15-18(20)24/h5-12,16,22H,4,13-15H2,1-3H3,(H,29,30,32). The molecule has 35 heavy (non-hydrogen) atoms. The Morgan fingerprint density at radius 2 is 1.83 bits per heavy atom. The van der Waals surface area contributed by atoms with E-state index >= 15 is 0 Å². The van der Waals surface area contributed by atoms with Crippen LogP contribution in [0.25, 0.3) is 21.1 Å². The summed E-state index contributed by atoms with van der Waals surface area (Å²) in [6.07, 6.45) is 0.196. The van der Waals surface area contributed by atoms with Gasteiger partial charge < -0.3 is 4.74 Å². The fourth-order valence-electron chi connectivity index (χ4n) is 4.51. The van der Waals surface area contributed by atoms with Gasteiger partial charge in [0, 0.05) is 42.2 Å². The normalized spacial score (nSPS) is 14.7. The number of rotatable bonds is 6. The van der Waals surface area contributed by atoms with Crippen LogP contribution in [0.2, 0.25) is 0 Å². The van der Waals surface area contributed by atoms with Gasteiger partial charge in [0.2, 0.25) is 0 Å². The zero-order chi connectivity index (χ0) is 24.5. The number of pyridine rings is 1. The SMILES string of the molecule is CCC(OC(=O)c1c2c(nc3ccccc13)CCN(C(C)C)C2)C(=O)Nc1nc2ccccc2s1. The van der Waals surface area contributed by atoms with Gasteiger partial charge in [0.05, 0.1) is 21.3 Å². The van der Waals surface area contributed by atoms with Gasteiger partial charge >= 0.3 is 5.97 Å². The van der Waals surface area contributed by atoms with Crippen molar-refractivity contribution in [2.75, 3.05) is 11.9 Å². The lowest BCUT2D eigenvalue weighted by atomic mass is 9.95. The van der Waals surface area contributed by atoms with Gasteiger partial charge in [0.1, 0.15) is 0 Å². The highest BCUT2D eigenvalue weighted by Gasteiger charge is 2.30. The van der Waals surface area contributed by atoms with Gasteiger partial charge in [-0.2, -0.15) is 0 Å². The number of ether oxygens (including phenoxy) is 1. The molecule has 3 heterocycles. The number of carbonyl (C=O) groups excluding carboxylic acids is 2. The lowest BCUT2D eigenvalue weighted by Gasteiger charge is -2.32. The van der Waals surface area contributed by atoms with Crippen molar-refractivity contribution in [1.29, 1.82) is 0 Å². The molecule has 1 amide bonds. The Hall–Kier alpha value is -3.36. The highest BCUT2D eigenvalue weighted by Crippen LogP contribution is 2.30. The summed E-state index contributed by atoms with van der Waals surface area (Å²) in [4.78, 5) is 38.3. The number of carbonyl (C=O) groups is 2. The molecule has 5 rings (SSSR count). The van der Waals surface area contributed by atoms with Crippen LogP contribution in [0.3, 0.4) is 0 Å². The summed E-state index contributed by atoms with van der Waals surface area (Å²) in [7, 11) is 0. The van der Waals surface area contributed by atoms with E-state index in [4.69, 9.17) is 9.72 Å². The molecule has 2 aromatic carbocycles. The Morgan fingerprint density at radius 3 is 2.57 bits per heavy atom. The van der Waals surface area contributed by atoms with Gasteiger partial charge in [-0.1, -0.05) is 48.6 Å². The fraction of sp³-hybridized carbons (Fsp3) is 0.333. The molecular formula is C27H28N4O3S. The van der Waals surface area contributed by atoms with Gasteiger partial charge in [-0.15, -0.1) is 0 Å². The monoisotopic (exact) mass is 488 g/mol. The summed E-state index contributed by atoms with van der Waals surface area (Å²) in [5.74, 6) is -0.868. The second kappa shape index (κ2) is 9.71. The molecule has 0 aliphatic carbocycles. The van der Waals surface area contributed by atoms with E-state index in [0.717, 1.165) is 45.3 Å². The molecule has 1 N–H and O–H groups in total. The van der Waals surface area contributed by atoms with Crippen molar-refractivity contribution in [3.8, 4) is 0 Å². The molecular weight excluding hydrogens is 460 g/mol. The van der Waals surface area contributed by atoms with Crippen LogP contribution < -0.4 is 5.32 Å². The van der Waals surface area contributed by atoms with E-state index in [-0.39, 0.29) is 5.91 Å². The number of aromatic nitrogens is 2. The predicted octanol–water partition coefficient (Wildman–Crippen LogP) is 5.19. The van der Waals surface area contributed by atoms with Crippen LogP contribution in [-0.2, 0) is 22.5 Å². The largest absolute Gasteiger partial charge is 0.449 e. The summed E-state index contributed by atoms with van der Waals surface area (Å²) >= 11 is 1.39. The van der Waals surface area contributed by atoms with E-state index in [0.29, 0.717) is 29.7 Å². The van der Waals surface area contributed by atoms with E-state index in [2.05, 4.69) is 29.0 Å². The number of nitrogens with one attached hydrogen (secondary N) is 1. The van der Waals surface area contributed by atoms with Crippen molar-refractivity contribution >= 4 is 49.5 Å². The highest BCUT2D eigenvalue weighted by atomic mass is 32.1. The van der Waals surface area contributed by atoms with E-state index < -0.39 is 12.1 Å². The number of para-hydroxylation sites is 2. The maximum absolute atomic E-state index is 13.6. The van der Waals surface area contributed by atoms with E-state index in [1.165, 1.54) is 11.3 Å². The maximum Gasteiger partial charge on any atom is 0.340 e. The minimum atomic E-state index is -0.929. The lowest BCUT2D eigenvalue weighted by molar-refractivity contribution is -0.124. The summed E-state index contributed by atoms with van der Waals surface area (Å²) in [5.41, 5.74) is 3.93. The fourth-order valence-corrected chi connectivity index (χ4v) is 5.38. The Morgan fingerprint density at radius 1 is 1.09 bits per heavy atom. The first-order valence-corrected chi connectivity index (χ1v) is 12.8. The zero-order valence-electron chi connectivity index (χ0n) is 20.1. The second-order valence-electron chi connectivity index (χ2n) is 9.02. The molecule has 0 bridgehead atoms. The molecule has 0 saturated heterocycles. The molecule has 1 aliphatic heterocycles. The third-order valence-electron chi connectivity index (χ3n) is 6.45. The minimum Gasteiger partial charge on any atom is -0.449 e. The number of nitrogens with zero attached hydrogens (tertiary/aromatic N) is 3. The topological polar surface area (TPSA) is 84.4 Å². The van der Waals surface area contributed by atoms with Gasteiger partial charge in [-0.25, -0.2) is 9.78 Å². The van der Waals surface area contributed by atoms with Crippen LogP contribution in [0.4, 0.5) is 5.13 Å². The van der Waals surface area contributed by atoms with Crippen LogP contribution in [0.1, 0.15) is 48.8 Å². The van der Waals surface area contributed by atoms with Crippen molar-refractivity contribution in [3.63, 3.8) is 0 Å². The lowest BCUT2D eigenvalue weighted by Crippen LogP contribution is -2.38. The molecule has 1 atom stereocenters. The molecule has 1 aliphatic rings. The summed E-state index contributed by atoms with van der Waals surface area (Å²) < 4.78 is 6.83. The Labute approximate surface area is 208 Å². The number of hydrogen-bond acceptors (Lipinski definition) is 7. The molecule has 180 valence electrons. The molecule has 0 fully saturated rings. The van der Waals surface area contributed by atoms with Gasteiger partial charge in [0.25, 0.3) is 5.91 Å². The van der Waals surface area contributed by atoms with Crippen molar-refractivity contribution in [2.24, 2.45) is 0 Å². The number of thiazole rings is 1. The third kappa shape index (κ3) is 4.63. The van der Waals surface area contributed by atoms with Crippen molar-refractivity contribution in [3.05, 3.63) is 65.4 Å². The highest BCUT2D eigenvalue weighted by molar-refractivity contribution is 7.22. The van der Waals surface area contributed by atoms with E-state index in [9.17, 15) is 9.59 Å². The number of fused-ring (bicyclic) bond motifs is 3. The smallest absolute Gasteiger partial charge is 0.340 e. The summed E-state index contributed by atoms with van der Waals surface area (Å²) in [6.45, 7) is 7.65. The zero-order valence-corrected chi connectivity index (χ0v) is 20.9. The van der Waals surface area contributed by atoms with Crippen LogP contribution in [0, 0.1) is 0 Å². The Kier molecular flexibility index (Phi) is 6.49. The van der Waals surface area contributed by atoms with Crippen LogP contribution >= 0.6 is 11.3 Å². The number of benzene rings is 2. The number of hydrogen-bond donors (Lipinski definition) is 1. The Balaban J connectivity index is 1.43. The predicted molar refractivity (Wildman–Crippen MR) is 139 cm³/mol. The van der Waals surface area contributed by atoms with E-state index in [1.807, 2.05) is 55.5 Å². The molecule has 7 nitrogen and oxygen atoms in total. The molecule has 1 unspecified atom stereocenters. The average Bonchev–Trinajstić information content (AvgIpc) is 3.27. The first kappa shape index (κ1) is 23.4. The molecule has 2 aromatic heterocycles. The van der Waals surface area contributed by atoms with Crippen LogP contribution in [0.15, 0.2) is 48.5 Å². The van der Waals surface area contributed by atoms with Crippen molar-refractivity contribution < 1.29 is 14.3 Å². The number of esters is 1. The third-order valence-corrected chi connectivity index (χ3v) is 7.40. The van der Waals surface area contributed by atoms with Crippen molar-refractivity contribution in [1.82, 2.24) is 14.9 Å². The van der Waals surface area contributed by atoms with Crippen LogP contribution in [0.5, 0.6) is 0 Å². The van der Waals surface area contributed by atoms with Gasteiger partial charge in [0.15, 0.2) is 11.2 Å². The maximum atomic E-state index is 13.6. The average molecular weight is 489 g/mol. The first-order valence-electron chi connectivity index (χ1n) is 12.0. The van der Waals surface area contributed by atoms with Crippen molar-refractivity contribution in [2.45, 2.75) is 52.3 Å². The van der Waals surface area contributed by atoms with Gasteiger partial charge in [-0.3, -0.25) is 20.0 Å². The molecule has 0 radical (unpaired) electrons. The van der Waals surface area contributed by atoms with Gasteiger partial charge in [-0.05, 0) is 38.5 Å². The molecule has 0 saturated carbocycles. The Bertz CT molecular complexity index is 1380.